The van der Waals surface area contributed by atoms with Gasteiger partial charge in [0.05, 0.1) is 0 Å². The van der Waals surface area contributed by atoms with Crippen LogP contribution in [0.3, 0.4) is 0 Å². The zero-order valence-electron chi connectivity index (χ0n) is 11.9. The molecule has 114 valence electrons. The Labute approximate surface area is 133 Å². The first kappa shape index (κ1) is 17.7. The summed E-state index contributed by atoms with van der Waals surface area (Å²) in [5.74, 6) is 0.522. The van der Waals surface area contributed by atoms with Gasteiger partial charge in [0.15, 0.2) is 0 Å². The minimum absolute atomic E-state index is 0.0900. The monoisotopic (exact) mass is 325 g/mol. The fourth-order valence-electron chi connectivity index (χ4n) is 1.53. The summed E-state index contributed by atoms with van der Waals surface area (Å²) in [4.78, 5) is 21.9. The molecule has 21 heavy (non-hydrogen) atoms. The van der Waals surface area contributed by atoms with Crippen LogP contribution in [0.2, 0.25) is 0 Å². The van der Waals surface area contributed by atoms with E-state index in [1.807, 2.05) is 12.1 Å². The van der Waals surface area contributed by atoms with Gasteiger partial charge < -0.3 is 5.11 Å². The Morgan fingerprint density at radius 1 is 1.33 bits per heavy atom. The number of rotatable bonds is 9. The van der Waals surface area contributed by atoms with Crippen molar-refractivity contribution in [1.82, 2.24) is 4.31 Å². The van der Waals surface area contributed by atoms with Gasteiger partial charge in [-0.1, -0.05) is 36.9 Å². The number of benzene rings is 1. The Hall–Kier alpha value is -1.40. The largest absolute Gasteiger partial charge is 0.481 e. The van der Waals surface area contributed by atoms with Crippen molar-refractivity contribution in [1.29, 1.82) is 0 Å². The smallest absolute Gasteiger partial charge is 0.315 e. The van der Waals surface area contributed by atoms with Crippen molar-refractivity contribution in [3.8, 4) is 0 Å². The average molecular weight is 325 g/mol. The third-order valence-electron chi connectivity index (χ3n) is 2.62. The van der Waals surface area contributed by atoms with Crippen molar-refractivity contribution >= 4 is 41.7 Å². The van der Waals surface area contributed by atoms with Gasteiger partial charge in [0, 0.05) is 25.0 Å². The second-order valence-electron chi connectivity index (χ2n) is 4.29. The SMILES string of the molecule is C=Cc1ccc(CSCCN(SCC(=O)O)C(C)=O)cc1. The van der Waals surface area contributed by atoms with Crippen molar-refractivity contribution in [3.63, 3.8) is 0 Å². The van der Waals surface area contributed by atoms with Crippen LogP contribution in [0.15, 0.2) is 30.8 Å². The molecular formula is C15H19NO3S2. The number of carbonyl (C=O) groups is 2. The highest BCUT2D eigenvalue weighted by Crippen LogP contribution is 2.16. The van der Waals surface area contributed by atoms with E-state index in [-0.39, 0.29) is 11.7 Å². The Morgan fingerprint density at radius 2 is 2.00 bits per heavy atom. The Balaban J connectivity index is 2.31. The molecule has 6 heteroatoms. The maximum atomic E-state index is 11.4. The molecule has 1 aromatic rings. The lowest BCUT2D eigenvalue weighted by molar-refractivity contribution is -0.133. The van der Waals surface area contributed by atoms with E-state index in [2.05, 4.69) is 18.7 Å². The molecular weight excluding hydrogens is 306 g/mol. The molecule has 0 heterocycles. The zero-order valence-corrected chi connectivity index (χ0v) is 13.6. The summed E-state index contributed by atoms with van der Waals surface area (Å²) in [6.07, 6.45) is 1.81. The highest BCUT2D eigenvalue weighted by Gasteiger charge is 2.11. The zero-order chi connectivity index (χ0) is 15.7. The molecule has 0 saturated carbocycles. The predicted molar refractivity (Wildman–Crippen MR) is 90.2 cm³/mol. The van der Waals surface area contributed by atoms with Gasteiger partial charge in [-0.2, -0.15) is 11.8 Å². The van der Waals surface area contributed by atoms with Crippen LogP contribution < -0.4 is 0 Å². The number of carboxylic acid groups (broad SMARTS) is 1. The molecule has 0 atom stereocenters. The van der Waals surface area contributed by atoms with E-state index in [9.17, 15) is 9.59 Å². The van der Waals surface area contributed by atoms with Crippen LogP contribution in [-0.2, 0) is 15.3 Å². The number of aliphatic carboxylic acids is 1. The van der Waals surface area contributed by atoms with Crippen LogP contribution in [0.5, 0.6) is 0 Å². The van der Waals surface area contributed by atoms with Crippen molar-refractivity contribution in [2.24, 2.45) is 0 Å². The van der Waals surface area contributed by atoms with E-state index >= 15 is 0 Å². The van der Waals surface area contributed by atoms with E-state index in [4.69, 9.17) is 5.11 Å². The number of nitrogens with zero attached hydrogens (tertiary/aromatic N) is 1. The third-order valence-corrected chi connectivity index (χ3v) is 4.75. The summed E-state index contributed by atoms with van der Waals surface area (Å²) < 4.78 is 1.50. The van der Waals surface area contributed by atoms with Crippen molar-refractivity contribution in [3.05, 3.63) is 42.0 Å². The molecule has 1 aromatic carbocycles. The number of amides is 1. The standard InChI is InChI=1S/C15H19NO3S2/c1-3-13-4-6-14(7-5-13)10-20-9-8-16(12(2)17)21-11-15(18)19/h3-7H,1,8-11H2,2H3,(H,18,19). The summed E-state index contributed by atoms with van der Waals surface area (Å²) in [7, 11) is 0. The van der Waals surface area contributed by atoms with Crippen LogP contribution >= 0.6 is 23.7 Å². The molecule has 0 saturated heterocycles. The van der Waals surface area contributed by atoms with E-state index < -0.39 is 5.97 Å². The van der Waals surface area contributed by atoms with Gasteiger partial charge >= 0.3 is 5.97 Å². The first-order valence-corrected chi connectivity index (χ1v) is 8.54. The molecule has 1 N–H and O–H groups in total. The number of hydrogen-bond donors (Lipinski definition) is 1. The topological polar surface area (TPSA) is 57.6 Å². The number of thioether (sulfide) groups is 1. The molecule has 0 aromatic heterocycles. The normalized spacial score (nSPS) is 10.1. The molecule has 0 spiro atoms. The van der Waals surface area contributed by atoms with Crippen LogP contribution in [0.25, 0.3) is 6.08 Å². The molecule has 0 unspecified atom stereocenters. The first-order valence-electron chi connectivity index (χ1n) is 6.45. The van der Waals surface area contributed by atoms with Gasteiger partial charge in [0.25, 0.3) is 0 Å². The molecule has 0 radical (unpaired) electrons. The van der Waals surface area contributed by atoms with Gasteiger partial charge in [-0.05, 0) is 23.1 Å². The first-order chi connectivity index (χ1) is 10.0. The Morgan fingerprint density at radius 3 is 2.52 bits per heavy atom. The summed E-state index contributed by atoms with van der Waals surface area (Å²) >= 11 is 2.77. The lowest BCUT2D eigenvalue weighted by atomic mass is 10.1. The van der Waals surface area contributed by atoms with Gasteiger partial charge in [-0.3, -0.25) is 13.9 Å². The maximum Gasteiger partial charge on any atom is 0.315 e. The minimum Gasteiger partial charge on any atom is -0.481 e. The van der Waals surface area contributed by atoms with Crippen LogP contribution in [0.1, 0.15) is 18.1 Å². The lowest BCUT2D eigenvalue weighted by Gasteiger charge is -2.18. The molecule has 0 fully saturated rings. The summed E-state index contributed by atoms with van der Waals surface area (Å²) in [6, 6.07) is 8.17. The highest BCUT2D eigenvalue weighted by molar-refractivity contribution is 7.99. The Bertz CT molecular complexity index is 488. The highest BCUT2D eigenvalue weighted by atomic mass is 32.2. The van der Waals surface area contributed by atoms with Crippen molar-refractivity contribution in [2.45, 2.75) is 12.7 Å². The minimum atomic E-state index is -0.916. The predicted octanol–water partition coefficient (Wildman–Crippen LogP) is 3.14. The quantitative estimate of drug-likeness (QED) is 0.558. The van der Waals surface area contributed by atoms with Crippen LogP contribution in [0, 0.1) is 0 Å². The molecule has 0 aliphatic rings. The van der Waals surface area contributed by atoms with E-state index in [0.29, 0.717) is 6.54 Å². The summed E-state index contributed by atoms with van der Waals surface area (Å²) in [5.41, 5.74) is 2.31. The van der Waals surface area contributed by atoms with Gasteiger partial charge in [-0.25, -0.2) is 0 Å². The molecule has 0 aliphatic heterocycles. The van der Waals surface area contributed by atoms with Crippen LogP contribution in [0.4, 0.5) is 0 Å². The van der Waals surface area contributed by atoms with E-state index in [0.717, 1.165) is 29.0 Å². The summed E-state index contributed by atoms with van der Waals surface area (Å²) in [5, 5.41) is 8.64. The summed E-state index contributed by atoms with van der Waals surface area (Å²) in [6.45, 7) is 5.71. The number of hydrogen-bond acceptors (Lipinski definition) is 4. The molecule has 0 aliphatic carbocycles. The molecule has 1 rings (SSSR count). The lowest BCUT2D eigenvalue weighted by Crippen LogP contribution is -2.25. The average Bonchev–Trinajstić information content (AvgIpc) is 2.46. The van der Waals surface area contributed by atoms with Gasteiger partial charge in [0.1, 0.15) is 5.75 Å². The second-order valence-corrected chi connectivity index (χ2v) is 6.38. The fraction of sp³-hybridized carbons (Fsp3) is 0.333. The fourth-order valence-corrected chi connectivity index (χ4v) is 3.20. The molecule has 4 nitrogen and oxygen atoms in total. The van der Waals surface area contributed by atoms with Crippen LogP contribution in [-0.4, -0.2) is 39.3 Å². The Kier molecular flexibility index (Phi) is 8.00. The molecule has 0 bridgehead atoms. The third kappa shape index (κ3) is 7.24. The van der Waals surface area contributed by atoms with Crippen molar-refractivity contribution in [2.75, 3.05) is 18.1 Å². The van der Waals surface area contributed by atoms with E-state index in [1.165, 1.54) is 16.8 Å². The number of carboxylic acids is 1. The number of carbonyl (C=O) groups excluding carboxylic acids is 1. The second kappa shape index (κ2) is 9.52. The van der Waals surface area contributed by atoms with Crippen molar-refractivity contribution < 1.29 is 14.7 Å². The van der Waals surface area contributed by atoms with E-state index in [1.54, 1.807) is 17.8 Å². The maximum absolute atomic E-state index is 11.4. The van der Waals surface area contributed by atoms with Gasteiger partial charge in [0.2, 0.25) is 5.91 Å². The molecule has 1 amide bonds. The van der Waals surface area contributed by atoms with Gasteiger partial charge in [-0.15, -0.1) is 0 Å².